The van der Waals surface area contributed by atoms with E-state index in [2.05, 4.69) is 6.92 Å². The topological polar surface area (TPSA) is 49.6 Å². The Morgan fingerprint density at radius 3 is 2.53 bits per heavy atom. The molecule has 0 unspecified atom stereocenters. The first-order valence-electron chi connectivity index (χ1n) is 6.03. The minimum Gasteiger partial charge on any atom is -0.329 e. The molecule has 0 aromatic carbocycles. The molecule has 4 heteroatoms. The molecule has 4 nitrogen and oxygen atoms in total. The predicted molar refractivity (Wildman–Crippen MR) is 61.7 cm³/mol. The summed E-state index contributed by atoms with van der Waals surface area (Å²) in [5.74, 6) is 0. The van der Waals surface area contributed by atoms with Crippen molar-refractivity contribution in [1.82, 2.24) is 9.80 Å². The van der Waals surface area contributed by atoms with E-state index in [0.29, 0.717) is 13.1 Å². The van der Waals surface area contributed by atoms with Gasteiger partial charge in [0.15, 0.2) is 0 Å². The van der Waals surface area contributed by atoms with Gasteiger partial charge in [0, 0.05) is 32.7 Å². The van der Waals surface area contributed by atoms with Crippen LogP contribution in [0.4, 0.5) is 4.79 Å². The summed E-state index contributed by atoms with van der Waals surface area (Å²) in [7, 11) is 0. The highest BCUT2D eigenvalue weighted by Crippen LogP contribution is 2.10. The molecule has 0 radical (unpaired) electrons. The molecule has 1 aliphatic heterocycles. The molecule has 1 aliphatic rings. The number of unbranched alkanes of at least 4 members (excludes halogenated alkanes) is 1. The molecule has 0 atom stereocenters. The van der Waals surface area contributed by atoms with Crippen LogP contribution in [0.15, 0.2) is 0 Å². The Bertz CT molecular complexity index is 190. The van der Waals surface area contributed by atoms with E-state index in [4.69, 9.17) is 5.73 Å². The Balaban J connectivity index is 2.41. The highest BCUT2D eigenvalue weighted by molar-refractivity contribution is 5.74. The third-order valence-corrected chi connectivity index (χ3v) is 2.83. The largest absolute Gasteiger partial charge is 0.329 e. The fraction of sp³-hybridized carbons (Fsp3) is 0.909. The van der Waals surface area contributed by atoms with Gasteiger partial charge in [-0.15, -0.1) is 0 Å². The van der Waals surface area contributed by atoms with Gasteiger partial charge >= 0.3 is 6.03 Å². The Morgan fingerprint density at radius 1 is 1.33 bits per heavy atom. The zero-order valence-corrected chi connectivity index (χ0v) is 9.74. The summed E-state index contributed by atoms with van der Waals surface area (Å²) < 4.78 is 0. The molecule has 15 heavy (non-hydrogen) atoms. The normalized spacial score (nSPS) is 15.7. The van der Waals surface area contributed by atoms with Gasteiger partial charge in [-0.3, -0.25) is 0 Å². The second kappa shape index (κ2) is 6.67. The number of hydrogen-bond donors (Lipinski definition) is 1. The van der Waals surface area contributed by atoms with Crippen molar-refractivity contribution in [3.05, 3.63) is 0 Å². The summed E-state index contributed by atoms with van der Waals surface area (Å²) in [5.41, 5.74) is 5.53. The summed E-state index contributed by atoms with van der Waals surface area (Å²) in [6, 6.07) is 0.186. The molecular formula is C11H23N3O. The van der Waals surface area contributed by atoms with Gasteiger partial charge in [0.05, 0.1) is 0 Å². The molecule has 0 aromatic rings. The molecule has 0 saturated carbocycles. The van der Waals surface area contributed by atoms with Crippen LogP contribution < -0.4 is 5.73 Å². The average molecular weight is 213 g/mol. The highest BCUT2D eigenvalue weighted by atomic mass is 16.2. The lowest BCUT2D eigenvalue weighted by molar-refractivity contribution is 0.163. The van der Waals surface area contributed by atoms with Crippen LogP contribution in [-0.4, -0.2) is 48.6 Å². The van der Waals surface area contributed by atoms with Crippen molar-refractivity contribution in [3.8, 4) is 0 Å². The van der Waals surface area contributed by atoms with Gasteiger partial charge in [-0.25, -0.2) is 4.79 Å². The Kier molecular flexibility index (Phi) is 5.47. The minimum absolute atomic E-state index is 0.186. The molecule has 88 valence electrons. The first-order valence-corrected chi connectivity index (χ1v) is 6.03. The summed E-state index contributed by atoms with van der Waals surface area (Å²) >= 11 is 0. The molecule has 1 saturated heterocycles. The number of likely N-dealkylation sites (tertiary alicyclic amines) is 1. The fourth-order valence-electron chi connectivity index (χ4n) is 1.92. The molecule has 0 bridgehead atoms. The molecule has 1 rings (SSSR count). The first-order chi connectivity index (χ1) is 7.29. The van der Waals surface area contributed by atoms with Gasteiger partial charge in [0.2, 0.25) is 0 Å². The van der Waals surface area contributed by atoms with E-state index < -0.39 is 0 Å². The van der Waals surface area contributed by atoms with Crippen LogP contribution in [0.1, 0.15) is 32.6 Å². The summed E-state index contributed by atoms with van der Waals surface area (Å²) in [4.78, 5) is 15.9. The van der Waals surface area contributed by atoms with Crippen molar-refractivity contribution in [2.24, 2.45) is 5.73 Å². The Morgan fingerprint density at radius 2 is 2.00 bits per heavy atom. The second-order valence-corrected chi connectivity index (χ2v) is 4.11. The number of amides is 2. The van der Waals surface area contributed by atoms with Crippen LogP contribution in [0, 0.1) is 0 Å². The number of carbonyl (C=O) groups excluding carboxylic acids is 1. The summed E-state index contributed by atoms with van der Waals surface area (Å²) in [6.07, 6.45) is 4.49. The van der Waals surface area contributed by atoms with Crippen molar-refractivity contribution in [3.63, 3.8) is 0 Å². The minimum atomic E-state index is 0.186. The molecule has 0 spiro atoms. The number of carbonyl (C=O) groups is 1. The standard InChI is InChI=1S/C11H23N3O/c1-2-3-7-14(10-6-12)11(15)13-8-4-5-9-13/h2-10,12H2,1H3. The monoisotopic (exact) mass is 213 g/mol. The number of nitrogens with zero attached hydrogens (tertiary/aromatic N) is 2. The van der Waals surface area contributed by atoms with E-state index in [1.54, 1.807) is 0 Å². The van der Waals surface area contributed by atoms with E-state index in [-0.39, 0.29) is 6.03 Å². The van der Waals surface area contributed by atoms with Crippen LogP contribution in [-0.2, 0) is 0 Å². The van der Waals surface area contributed by atoms with Crippen LogP contribution in [0.25, 0.3) is 0 Å². The van der Waals surface area contributed by atoms with Gasteiger partial charge in [-0.05, 0) is 19.3 Å². The van der Waals surface area contributed by atoms with Gasteiger partial charge in [-0.1, -0.05) is 13.3 Å². The molecule has 0 aliphatic carbocycles. The molecule has 1 heterocycles. The quantitative estimate of drug-likeness (QED) is 0.747. The van der Waals surface area contributed by atoms with Crippen LogP contribution >= 0.6 is 0 Å². The van der Waals surface area contributed by atoms with E-state index >= 15 is 0 Å². The van der Waals surface area contributed by atoms with Gasteiger partial charge < -0.3 is 15.5 Å². The van der Waals surface area contributed by atoms with E-state index in [9.17, 15) is 4.79 Å². The van der Waals surface area contributed by atoms with Gasteiger partial charge in [0.1, 0.15) is 0 Å². The fourth-order valence-corrected chi connectivity index (χ4v) is 1.92. The summed E-state index contributed by atoms with van der Waals surface area (Å²) in [6.45, 7) is 6.08. The first kappa shape index (κ1) is 12.3. The van der Waals surface area contributed by atoms with Crippen molar-refractivity contribution in [1.29, 1.82) is 0 Å². The second-order valence-electron chi connectivity index (χ2n) is 4.11. The number of rotatable bonds is 5. The van der Waals surface area contributed by atoms with E-state index in [1.165, 1.54) is 0 Å². The third-order valence-electron chi connectivity index (χ3n) is 2.83. The number of hydrogen-bond acceptors (Lipinski definition) is 2. The van der Waals surface area contributed by atoms with Crippen LogP contribution in [0.5, 0.6) is 0 Å². The molecule has 2 amide bonds. The third kappa shape index (κ3) is 3.70. The van der Waals surface area contributed by atoms with Gasteiger partial charge in [-0.2, -0.15) is 0 Å². The highest BCUT2D eigenvalue weighted by Gasteiger charge is 2.22. The molecule has 1 fully saturated rings. The number of nitrogens with two attached hydrogens (primary N) is 1. The van der Waals surface area contributed by atoms with Crippen molar-refractivity contribution in [2.75, 3.05) is 32.7 Å². The number of urea groups is 1. The maximum absolute atomic E-state index is 12.0. The lowest BCUT2D eigenvalue weighted by Crippen LogP contribution is -2.44. The van der Waals surface area contributed by atoms with Crippen molar-refractivity contribution >= 4 is 6.03 Å². The maximum Gasteiger partial charge on any atom is 0.320 e. The van der Waals surface area contributed by atoms with E-state index in [0.717, 1.165) is 45.3 Å². The lowest BCUT2D eigenvalue weighted by Gasteiger charge is -2.27. The Hall–Kier alpha value is -0.770. The van der Waals surface area contributed by atoms with Crippen molar-refractivity contribution < 1.29 is 4.79 Å². The zero-order chi connectivity index (χ0) is 11.1. The van der Waals surface area contributed by atoms with Crippen LogP contribution in [0.3, 0.4) is 0 Å². The lowest BCUT2D eigenvalue weighted by atomic mass is 10.3. The maximum atomic E-state index is 12.0. The average Bonchev–Trinajstić information content (AvgIpc) is 2.76. The van der Waals surface area contributed by atoms with Crippen molar-refractivity contribution in [2.45, 2.75) is 32.6 Å². The predicted octanol–water partition coefficient (Wildman–Crippen LogP) is 1.26. The molecular weight excluding hydrogens is 190 g/mol. The Labute approximate surface area is 92.4 Å². The van der Waals surface area contributed by atoms with Gasteiger partial charge in [0.25, 0.3) is 0 Å². The zero-order valence-electron chi connectivity index (χ0n) is 9.74. The summed E-state index contributed by atoms with van der Waals surface area (Å²) in [5, 5.41) is 0. The smallest absolute Gasteiger partial charge is 0.320 e. The van der Waals surface area contributed by atoms with Crippen LogP contribution in [0.2, 0.25) is 0 Å². The molecule has 2 N–H and O–H groups in total. The SMILES string of the molecule is CCCCN(CCN)C(=O)N1CCCC1. The molecule has 0 aromatic heterocycles. The van der Waals surface area contributed by atoms with E-state index in [1.807, 2.05) is 9.80 Å².